The van der Waals surface area contributed by atoms with Crippen LogP contribution in [0.15, 0.2) is 72.0 Å². The molecule has 4 heteroatoms. The molecule has 0 amide bonds. The van der Waals surface area contributed by atoms with Gasteiger partial charge in [-0.3, -0.25) is 0 Å². The quantitative estimate of drug-likeness (QED) is 0.778. The lowest BCUT2D eigenvalue weighted by molar-refractivity contribution is -0.297. The minimum atomic E-state index is -0.546. The summed E-state index contributed by atoms with van der Waals surface area (Å²) in [5.74, 6) is -1.18. The zero-order valence-electron chi connectivity index (χ0n) is 13.9. The van der Waals surface area contributed by atoms with E-state index in [0.29, 0.717) is 11.4 Å². The van der Waals surface area contributed by atoms with E-state index in [1.165, 1.54) is 0 Å². The fourth-order valence-electron chi connectivity index (χ4n) is 3.07. The molecule has 3 nitrogen and oxygen atoms in total. The van der Waals surface area contributed by atoms with E-state index in [9.17, 15) is 9.90 Å². The van der Waals surface area contributed by atoms with Gasteiger partial charge in [-0.25, -0.2) is 4.79 Å². The SMILES string of the molecule is CCOC(=O)C1=C([O-])C=C(c2ccccc2)CC1c1ccc(Cl)cc1. The van der Waals surface area contributed by atoms with Gasteiger partial charge in [0, 0.05) is 16.5 Å². The Balaban J connectivity index is 2.06. The number of halogens is 1. The average molecular weight is 354 g/mol. The summed E-state index contributed by atoms with van der Waals surface area (Å²) >= 11 is 5.98. The molecule has 2 aromatic rings. The van der Waals surface area contributed by atoms with Crippen LogP contribution in [0.3, 0.4) is 0 Å². The number of rotatable bonds is 4. The molecule has 3 rings (SSSR count). The van der Waals surface area contributed by atoms with Crippen molar-refractivity contribution in [3.8, 4) is 0 Å². The first-order valence-electron chi connectivity index (χ1n) is 8.20. The Morgan fingerprint density at radius 2 is 1.84 bits per heavy atom. The maximum Gasteiger partial charge on any atom is 0.334 e. The van der Waals surface area contributed by atoms with Crippen molar-refractivity contribution in [2.75, 3.05) is 6.61 Å². The second-order valence-corrected chi connectivity index (χ2v) is 6.28. The third-order valence-electron chi connectivity index (χ3n) is 4.26. The Morgan fingerprint density at radius 3 is 2.48 bits per heavy atom. The number of ether oxygens (including phenoxy) is 1. The van der Waals surface area contributed by atoms with Crippen molar-refractivity contribution in [3.05, 3.63) is 88.2 Å². The highest BCUT2D eigenvalue weighted by atomic mass is 35.5. The molecule has 1 aliphatic carbocycles. The smallest absolute Gasteiger partial charge is 0.334 e. The van der Waals surface area contributed by atoms with Crippen LogP contribution in [0.4, 0.5) is 0 Å². The van der Waals surface area contributed by atoms with Gasteiger partial charge in [0.2, 0.25) is 0 Å². The molecule has 0 radical (unpaired) electrons. The highest BCUT2D eigenvalue weighted by Gasteiger charge is 2.28. The van der Waals surface area contributed by atoms with E-state index < -0.39 is 5.97 Å². The second-order valence-electron chi connectivity index (χ2n) is 5.84. The van der Waals surface area contributed by atoms with Crippen LogP contribution in [0.2, 0.25) is 5.02 Å². The predicted molar refractivity (Wildman–Crippen MR) is 96.9 cm³/mol. The zero-order valence-corrected chi connectivity index (χ0v) is 14.6. The molecule has 0 saturated carbocycles. The van der Waals surface area contributed by atoms with E-state index in [2.05, 4.69) is 0 Å². The molecule has 0 bridgehead atoms. The lowest BCUT2D eigenvalue weighted by atomic mass is 9.79. The van der Waals surface area contributed by atoms with Gasteiger partial charge in [-0.2, -0.15) is 0 Å². The van der Waals surface area contributed by atoms with Crippen LogP contribution < -0.4 is 5.11 Å². The molecule has 128 valence electrons. The van der Waals surface area contributed by atoms with Crippen LogP contribution in [0.5, 0.6) is 0 Å². The number of benzene rings is 2. The topological polar surface area (TPSA) is 49.4 Å². The summed E-state index contributed by atoms with van der Waals surface area (Å²) in [5, 5.41) is 13.3. The number of hydrogen-bond donors (Lipinski definition) is 0. The maximum absolute atomic E-state index is 12.7. The Kier molecular flexibility index (Phi) is 5.25. The van der Waals surface area contributed by atoms with Crippen molar-refractivity contribution in [1.29, 1.82) is 0 Å². The summed E-state index contributed by atoms with van der Waals surface area (Å²) in [6, 6.07) is 17.0. The van der Waals surface area contributed by atoms with Gasteiger partial charge < -0.3 is 9.84 Å². The van der Waals surface area contributed by atoms with E-state index >= 15 is 0 Å². The first-order chi connectivity index (χ1) is 12.1. The summed E-state index contributed by atoms with van der Waals surface area (Å²) in [5.41, 5.74) is 2.96. The molecule has 1 atom stereocenters. The first-order valence-corrected chi connectivity index (χ1v) is 8.57. The normalized spacial score (nSPS) is 17.2. The summed E-state index contributed by atoms with van der Waals surface area (Å²) in [4.78, 5) is 12.4. The van der Waals surface area contributed by atoms with Gasteiger partial charge >= 0.3 is 5.97 Å². The summed E-state index contributed by atoms with van der Waals surface area (Å²) in [6.45, 7) is 1.96. The minimum Gasteiger partial charge on any atom is -0.872 e. The number of esters is 1. The zero-order chi connectivity index (χ0) is 17.8. The van der Waals surface area contributed by atoms with Gasteiger partial charge in [0.15, 0.2) is 0 Å². The molecule has 0 fully saturated rings. The van der Waals surface area contributed by atoms with E-state index in [1.54, 1.807) is 25.1 Å². The first kappa shape index (κ1) is 17.3. The average Bonchev–Trinajstić information content (AvgIpc) is 2.62. The molecule has 1 unspecified atom stereocenters. The Morgan fingerprint density at radius 1 is 1.16 bits per heavy atom. The van der Waals surface area contributed by atoms with Crippen molar-refractivity contribution in [3.63, 3.8) is 0 Å². The van der Waals surface area contributed by atoms with Crippen molar-refractivity contribution < 1.29 is 14.6 Å². The Hall–Kier alpha value is -2.52. The predicted octanol–water partition coefficient (Wildman–Crippen LogP) is 4.09. The van der Waals surface area contributed by atoms with E-state index in [4.69, 9.17) is 16.3 Å². The van der Waals surface area contributed by atoms with Crippen LogP contribution in [0, 0.1) is 0 Å². The van der Waals surface area contributed by atoms with Gasteiger partial charge in [0.1, 0.15) is 0 Å². The van der Waals surface area contributed by atoms with Gasteiger partial charge in [-0.15, -0.1) is 0 Å². The number of hydrogen-bond acceptors (Lipinski definition) is 3. The van der Waals surface area contributed by atoms with Gasteiger partial charge in [-0.05, 0) is 42.2 Å². The van der Waals surface area contributed by atoms with Crippen molar-refractivity contribution >= 4 is 23.1 Å². The molecule has 0 N–H and O–H groups in total. The molecule has 0 saturated heterocycles. The summed E-state index contributed by atoms with van der Waals surface area (Å²) in [7, 11) is 0. The van der Waals surface area contributed by atoms with E-state index in [1.807, 2.05) is 42.5 Å². The molecule has 0 aliphatic heterocycles. The van der Waals surface area contributed by atoms with Crippen LogP contribution in [-0.4, -0.2) is 12.6 Å². The third-order valence-corrected chi connectivity index (χ3v) is 4.51. The van der Waals surface area contributed by atoms with Gasteiger partial charge in [0.25, 0.3) is 0 Å². The Labute approximate surface area is 152 Å². The molecule has 0 spiro atoms. The van der Waals surface area contributed by atoms with E-state index in [0.717, 1.165) is 16.7 Å². The second kappa shape index (κ2) is 7.58. The minimum absolute atomic E-state index is 0.184. The van der Waals surface area contributed by atoms with E-state index in [-0.39, 0.29) is 23.9 Å². The van der Waals surface area contributed by atoms with Crippen LogP contribution in [0.25, 0.3) is 5.57 Å². The maximum atomic E-state index is 12.7. The molecule has 2 aromatic carbocycles. The van der Waals surface area contributed by atoms with Crippen LogP contribution >= 0.6 is 11.6 Å². The fraction of sp³-hybridized carbons (Fsp3) is 0.190. The largest absolute Gasteiger partial charge is 0.872 e. The fourth-order valence-corrected chi connectivity index (χ4v) is 3.20. The van der Waals surface area contributed by atoms with Crippen molar-refractivity contribution in [1.82, 2.24) is 0 Å². The lowest BCUT2D eigenvalue weighted by Crippen LogP contribution is -2.24. The summed E-state index contributed by atoms with van der Waals surface area (Å²) in [6.07, 6.45) is 2.11. The van der Waals surface area contributed by atoms with Gasteiger partial charge in [-0.1, -0.05) is 65.9 Å². The standard InChI is InChI=1S/C21H19ClO3/c1-2-25-21(24)20-18(15-8-10-17(22)11-9-15)12-16(13-19(20)23)14-6-4-3-5-7-14/h3-11,13,18,23H,2,12H2,1H3/p-1. The van der Waals surface area contributed by atoms with Crippen molar-refractivity contribution in [2.24, 2.45) is 0 Å². The lowest BCUT2D eigenvalue weighted by Gasteiger charge is -2.30. The number of allylic oxidation sites excluding steroid dienone is 2. The molecule has 1 aliphatic rings. The third kappa shape index (κ3) is 3.77. The van der Waals surface area contributed by atoms with Crippen LogP contribution in [0.1, 0.15) is 30.4 Å². The highest BCUT2D eigenvalue weighted by molar-refractivity contribution is 6.30. The highest BCUT2D eigenvalue weighted by Crippen LogP contribution is 2.40. The molecular formula is C21H18ClO3-. The molecule has 25 heavy (non-hydrogen) atoms. The summed E-state index contributed by atoms with van der Waals surface area (Å²) < 4.78 is 5.12. The Bertz CT molecular complexity index is 820. The monoisotopic (exact) mass is 353 g/mol. The van der Waals surface area contributed by atoms with Gasteiger partial charge in [0.05, 0.1) is 6.61 Å². The number of carbonyl (C=O) groups is 1. The molecule has 0 heterocycles. The molecular weight excluding hydrogens is 336 g/mol. The van der Waals surface area contributed by atoms with Crippen molar-refractivity contribution in [2.45, 2.75) is 19.3 Å². The molecule has 0 aromatic heterocycles. The van der Waals surface area contributed by atoms with Crippen LogP contribution in [-0.2, 0) is 9.53 Å². The number of carbonyl (C=O) groups excluding carboxylic acids is 1.